The van der Waals surface area contributed by atoms with Gasteiger partial charge in [-0.05, 0) is 44.0 Å². The SMILES string of the molecule is CC(=O)c1cccc(NC(=O)CSC2=C(C#N)C(c3ccco3)C3=C(CCCC3=O)N2)c1. The molecule has 2 aliphatic rings. The molecule has 1 amide bonds. The van der Waals surface area contributed by atoms with E-state index in [-0.39, 0.29) is 23.2 Å². The zero-order chi connectivity index (χ0) is 22.7. The maximum atomic E-state index is 12.7. The number of thioether (sulfide) groups is 1. The van der Waals surface area contributed by atoms with E-state index in [2.05, 4.69) is 16.7 Å². The molecule has 1 atom stereocenters. The summed E-state index contributed by atoms with van der Waals surface area (Å²) in [6, 6.07) is 12.5. The molecule has 0 saturated carbocycles. The van der Waals surface area contributed by atoms with Crippen LogP contribution < -0.4 is 10.6 Å². The van der Waals surface area contributed by atoms with Crippen molar-refractivity contribution in [3.05, 3.63) is 75.9 Å². The number of nitriles is 1. The summed E-state index contributed by atoms with van der Waals surface area (Å²) in [5.41, 5.74) is 2.79. The van der Waals surface area contributed by atoms with Crippen molar-refractivity contribution in [3.63, 3.8) is 0 Å². The van der Waals surface area contributed by atoms with Crippen molar-refractivity contribution in [1.29, 1.82) is 5.26 Å². The van der Waals surface area contributed by atoms with Gasteiger partial charge in [-0.1, -0.05) is 23.9 Å². The summed E-state index contributed by atoms with van der Waals surface area (Å²) in [5.74, 6) is -0.317. The van der Waals surface area contributed by atoms with Crippen molar-refractivity contribution in [2.45, 2.75) is 32.1 Å². The molecular formula is C24H21N3O4S. The third-order valence-electron chi connectivity index (χ3n) is 5.39. The number of ketones is 2. The van der Waals surface area contributed by atoms with Crippen molar-refractivity contribution in [2.75, 3.05) is 11.1 Å². The lowest BCUT2D eigenvalue weighted by Crippen LogP contribution is -2.31. The molecule has 1 aliphatic heterocycles. The fourth-order valence-electron chi connectivity index (χ4n) is 3.93. The molecular weight excluding hydrogens is 426 g/mol. The van der Waals surface area contributed by atoms with Crippen LogP contribution in [0.3, 0.4) is 0 Å². The molecule has 162 valence electrons. The molecule has 32 heavy (non-hydrogen) atoms. The second-order valence-electron chi connectivity index (χ2n) is 7.57. The number of furan rings is 1. The highest BCUT2D eigenvalue weighted by Crippen LogP contribution is 2.44. The molecule has 0 fully saturated rings. The predicted molar refractivity (Wildman–Crippen MR) is 121 cm³/mol. The van der Waals surface area contributed by atoms with Gasteiger partial charge in [0.25, 0.3) is 0 Å². The number of dihydropyridines is 1. The quantitative estimate of drug-likeness (QED) is 0.636. The van der Waals surface area contributed by atoms with E-state index in [1.54, 1.807) is 36.4 Å². The first-order chi connectivity index (χ1) is 15.5. The third kappa shape index (κ3) is 4.39. The molecule has 0 radical (unpaired) electrons. The van der Waals surface area contributed by atoms with Crippen molar-refractivity contribution >= 4 is 34.9 Å². The monoisotopic (exact) mass is 447 g/mol. The number of hydrogen-bond acceptors (Lipinski definition) is 7. The fraction of sp³-hybridized carbons (Fsp3) is 0.250. The predicted octanol–water partition coefficient (Wildman–Crippen LogP) is 4.28. The van der Waals surface area contributed by atoms with Crippen molar-refractivity contribution in [1.82, 2.24) is 5.32 Å². The Hall–Kier alpha value is -3.57. The first-order valence-corrected chi connectivity index (χ1v) is 11.2. The van der Waals surface area contributed by atoms with Gasteiger partial charge in [0.1, 0.15) is 5.76 Å². The molecule has 7 nitrogen and oxygen atoms in total. The van der Waals surface area contributed by atoms with Crippen LogP contribution in [-0.4, -0.2) is 23.2 Å². The summed E-state index contributed by atoms with van der Waals surface area (Å²) < 4.78 is 5.57. The molecule has 0 spiro atoms. The van der Waals surface area contributed by atoms with E-state index in [0.29, 0.717) is 46.0 Å². The molecule has 1 aromatic carbocycles. The third-order valence-corrected chi connectivity index (χ3v) is 6.41. The summed E-state index contributed by atoms with van der Waals surface area (Å²) in [6.07, 6.45) is 3.41. The van der Waals surface area contributed by atoms with Crippen LogP contribution in [0.2, 0.25) is 0 Å². The number of rotatable bonds is 6. The van der Waals surface area contributed by atoms with E-state index in [4.69, 9.17) is 4.42 Å². The van der Waals surface area contributed by atoms with Gasteiger partial charge in [-0.15, -0.1) is 0 Å². The Bertz CT molecular complexity index is 1190. The normalized spacial score (nSPS) is 18.0. The number of carbonyl (C=O) groups is 3. The standard InChI is InChI=1S/C24H21N3O4S/c1-14(28)15-5-2-6-16(11-15)26-21(30)13-32-24-17(12-25)22(20-9-4-10-31-20)23-18(27-24)7-3-8-19(23)29/h2,4-6,9-11,22,27H,3,7-8,13H2,1H3,(H,26,30). The first-order valence-electron chi connectivity index (χ1n) is 10.2. The van der Waals surface area contributed by atoms with Gasteiger partial charge in [0.05, 0.1) is 34.6 Å². The van der Waals surface area contributed by atoms with Gasteiger partial charge in [-0.3, -0.25) is 14.4 Å². The van der Waals surface area contributed by atoms with Gasteiger partial charge < -0.3 is 15.1 Å². The average Bonchev–Trinajstić information content (AvgIpc) is 3.31. The van der Waals surface area contributed by atoms with Crippen LogP contribution in [-0.2, 0) is 9.59 Å². The molecule has 2 N–H and O–H groups in total. The van der Waals surface area contributed by atoms with Crippen LogP contribution >= 0.6 is 11.8 Å². The number of allylic oxidation sites excluding steroid dienone is 3. The molecule has 2 aromatic rings. The van der Waals surface area contributed by atoms with Crippen molar-refractivity contribution in [3.8, 4) is 6.07 Å². The molecule has 8 heteroatoms. The minimum atomic E-state index is -0.572. The summed E-state index contributed by atoms with van der Waals surface area (Å²) in [5, 5.41) is 16.5. The Balaban J connectivity index is 1.55. The highest BCUT2D eigenvalue weighted by molar-refractivity contribution is 8.03. The van der Waals surface area contributed by atoms with E-state index in [1.807, 2.05) is 0 Å². The Morgan fingerprint density at radius 1 is 1.28 bits per heavy atom. The zero-order valence-corrected chi connectivity index (χ0v) is 18.3. The Kier molecular flexibility index (Phi) is 6.28. The topological polar surface area (TPSA) is 112 Å². The highest BCUT2D eigenvalue weighted by Gasteiger charge is 2.38. The number of anilines is 1. The van der Waals surface area contributed by atoms with Crippen LogP contribution in [0.4, 0.5) is 5.69 Å². The first kappa shape index (κ1) is 21.7. The number of nitrogens with one attached hydrogen (secondary N) is 2. The van der Waals surface area contributed by atoms with Crippen LogP contribution in [0, 0.1) is 11.3 Å². The molecule has 2 heterocycles. The summed E-state index contributed by atoms with van der Waals surface area (Å²) >= 11 is 1.21. The van der Waals surface area contributed by atoms with Gasteiger partial charge >= 0.3 is 0 Å². The minimum Gasteiger partial charge on any atom is -0.468 e. The molecule has 4 rings (SSSR count). The minimum absolute atomic E-state index is 0.0139. The molecule has 0 bridgehead atoms. The molecule has 1 unspecified atom stereocenters. The number of Topliss-reactive ketones (excluding diaryl/α,β-unsaturated/α-hetero) is 2. The van der Waals surface area contributed by atoms with E-state index in [0.717, 1.165) is 12.1 Å². The lowest BCUT2D eigenvalue weighted by molar-refractivity contribution is -0.116. The summed E-state index contributed by atoms with van der Waals surface area (Å²) in [7, 11) is 0. The van der Waals surface area contributed by atoms with Gasteiger partial charge in [0, 0.05) is 28.9 Å². The Morgan fingerprint density at radius 2 is 2.12 bits per heavy atom. The van der Waals surface area contributed by atoms with Crippen LogP contribution in [0.1, 0.15) is 48.2 Å². The maximum absolute atomic E-state index is 12.7. The Labute approximate surface area is 189 Å². The van der Waals surface area contributed by atoms with Gasteiger partial charge in [0.2, 0.25) is 5.91 Å². The smallest absolute Gasteiger partial charge is 0.234 e. The van der Waals surface area contributed by atoms with Crippen LogP contribution in [0.25, 0.3) is 0 Å². The van der Waals surface area contributed by atoms with E-state index in [1.165, 1.54) is 24.9 Å². The Morgan fingerprint density at radius 3 is 2.84 bits per heavy atom. The molecule has 1 aliphatic carbocycles. The second kappa shape index (κ2) is 9.28. The van der Waals surface area contributed by atoms with Crippen LogP contribution in [0.15, 0.2) is 69.0 Å². The number of carbonyl (C=O) groups excluding carboxylic acids is 3. The number of hydrogen-bond donors (Lipinski definition) is 2. The number of amides is 1. The van der Waals surface area contributed by atoms with E-state index >= 15 is 0 Å². The summed E-state index contributed by atoms with van der Waals surface area (Å²) in [6.45, 7) is 1.47. The fourth-order valence-corrected chi connectivity index (χ4v) is 4.79. The van der Waals surface area contributed by atoms with E-state index < -0.39 is 5.92 Å². The zero-order valence-electron chi connectivity index (χ0n) is 17.4. The molecule has 0 saturated heterocycles. The van der Waals surface area contributed by atoms with Gasteiger partial charge in [0.15, 0.2) is 11.6 Å². The molecule has 1 aromatic heterocycles. The van der Waals surface area contributed by atoms with Gasteiger partial charge in [-0.2, -0.15) is 5.26 Å². The maximum Gasteiger partial charge on any atom is 0.234 e. The lowest BCUT2D eigenvalue weighted by atomic mass is 9.79. The number of nitrogens with zero attached hydrogens (tertiary/aromatic N) is 1. The summed E-state index contributed by atoms with van der Waals surface area (Å²) in [4.78, 5) is 36.8. The van der Waals surface area contributed by atoms with Crippen LogP contribution in [0.5, 0.6) is 0 Å². The highest BCUT2D eigenvalue weighted by atomic mass is 32.2. The lowest BCUT2D eigenvalue weighted by Gasteiger charge is -2.32. The largest absolute Gasteiger partial charge is 0.468 e. The van der Waals surface area contributed by atoms with E-state index in [9.17, 15) is 19.6 Å². The van der Waals surface area contributed by atoms with Crippen molar-refractivity contribution in [2.24, 2.45) is 0 Å². The average molecular weight is 448 g/mol. The number of benzene rings is 1. The van der Waals surface area contributed by atoms with Gasteiger partial charge in [-0.25, -0.2) is 0 Å². The van der Waals surface area contributed by atoms with Crippen molar-refractivity contribution < 1.29 is 18.8 Å². The second-order valence-corrected chi connectivity index (χ2v) is 8.56.